The summed E-state index contributed by atoms with van der Waals surface area (Å²) in [5, 5.41) is 6.74. The molecule has 0 aromatic heterocycles. The average molecular weight is 318 g/mol. The van der Waals surface area contributed by atoms with Crippen LogP contribution in [0.25, 0.3) is 0 Å². The Bertz CT molecular complexity index is 504. The predicted molar refractivity (Wildman–Crippen MR) is 96.3 cm³/mol. The number of nitrogens with one attached hydrogen (secondary N) is 2. The van der Waals surface area contributed by atoms with Crippen molar-refractivity contribution in [2.24, 2.45) is 4.99 Å². The highest BCUT2D eigenvalue weighted by atomic mass is 16.5. The Kier molecular flexibility index (Phi) is 7.20. The van der Waals surface area contributed by atoms with Gasteiger partial charge >= 0.3 is 0 Å². The zero-order valence-electron chi connectivity index (χ0n) is 14.6. The van der Waals surface area contributed by atoms with Crippen LogP contribution >= 0.6 is 0 Å². The van der Waals surface area contributed by atoms with Crippen LogP contribution in [0.1, 0.15) is 25.3 Å². The molecule has 2 N–H and O–H groups in total. The van der Waals surface area contributed by atoms with Crippen molar-refractivity contribution in [3.8, 4) is 5.75 Å². The fourth-order valence-corrected chi connectivity index (χ4v) is 3.03. The lowest BCUT2D eigenvalue weighted by Crippen LogP contribution is -2.45. The summed E-state index contributed by atoms with van der Waals surface area (Å²) in [5.74, 6) is 1.79. The van der Waals surface area contributed by atoms with Crippen LogP contribution in [0.2, 0.25) is 0 Å². The lowest BCUT2D eigenvalue weighted by molar-refractivity contribution is 0.266. The average Bonchev–Trinajstić information content (AvgIpc) is 3.03. The van der Waals surface area contributed by atoms with E-state index in [4.69, 9.17) is 4.74 Å². The topological polar surface area (TPSA) is 48.9 Å². The standard InChI is InChI=1S/C18H30N4O/c1-4-22-12-7-9-16(22)14-21-18(19-3)20-11-13-23-17-10-6-5-8-15(17)2/h5-6,8,10,16H,4,7,9,11-14H2,1-3H3,(H2,19,20,21). The molecule has 23 heavy (non-hydrogen) atoms. The molecule has 0 aliphatic carbocycles. The number of guanidine groups is 1. The van der Waals surface area contributed by atoms with Crippen molar-refractivity contribution in [1.29, 1.82) is 0 Å². The fraction of sp³-hybridized carbons (Fsp3) is 0.611. The van der Waals surface area contributed by atoms with E-state index in [2.05, 4.69) is 40.4 Å². The summed E-state index contributed by atoms with van der Waals surface area (Å²) in [6.45, 7) is 8.94. The number of hydrogen-bond donors (Lipinski definition) is 2. The van der Waals surface area contributed by atoms with Crippen LogP contribution in [0.5, 0.6) is 5.75 Å². The molecule has 0 radical (unpaired) electrons. The van der Waals surface area contributed by atoms with Crippen LogP contribution in [0, 0.1) is 6.92 Å². The van der Waals surface area contributed by atoms with E-state index in [1.165, 1.54) is 19.4 Å². The number of ether oxygens (including phenoxy) is 1. The Labute approximate surface area is 140 Å². The van der Waals surface area contributed by atoms with Crippen molar-refractivity contribution in [2.75, 3.05) is 39.8 Å². The third-order valence-corrected chi connectivity index (χ3v) is 4.38. The van der Waals surface area contributed by atoms with Gasteiger partial charge in [0.15, 0.2) is 5.96 Å². The highest BCUT2D eigenvalue weighted by Crippen LogP contribution is 2.16. The van der Waals surface area contributed by atoms with Crippen molar-refractivity contribution < 1.29 is 4.74 Å². The Hall–Kier alpha value is -1.75. The third kappa shape index (κ3) is 5.43. The van der Waals surface area contributed by atoms with Crippen LogP contribution in [0.4, 0.5) is 0 Å². The molecule has 1 heterocycles. The van der Waals surface area contributed by atoms with E-state index >= 15 is 0 Å². The minimum atomic E-state index is 0.621. The fourth-order valence-electron chi connectivity index (χ4n) is 3.03. The van der Waals surface area contributed by atoms with Gasteiger partial charge in [-0.25, -0.2) is 0 Å². The molecule has 1 aliphatic heterocycles. The largest absolute Gasteiger partial charge is 0.491 e. The number of aliphatic imine (C=N–C) groups is 1. The van der Waals surface area contributed by atoms with Crippen molar-refractivity contribution in [3.05, 3.63) is 29.8 Å². The number of rotatable bonds is 7. The normalized spacial score (nSPS) is 18.9. The molecule has 1 aromatic rings. The Morgan fingerprint density at radius 3 is 2.91 bits per heavy atom. The summed E-state index contributed by atoms with van der Waals surface area (Å²) in [6.07, 6.45) is 2.57. The summed E-state index contributed by atoms with van der Waals surface area (Å²) in [7, 11) is 1.81. The number of hydrogen-bond acceptors (Lipinski definition) is 3. The molecule has 5 nitrogen and oxygen atoms in total. The number of benzene rings is 1. The van der Waals surface area contributed by atoms with Gasteiger partial charge in [0.1, 0.15) is 12.4 Å². The van der Waals surface area contributed by atoms with Gasteiger partial charge in [0, 0.05) is 19.6 Å². The van der Waals surface area contributed by atoms with Crippen LogP contribution < -0.4 is 15.4 Å². The van der Waals surface area contributed by atoms with E-state index in [9.17, 15) is 0 Å². The number of aryl methyl sites for hydroxylation is 1. The number of likely N-dealkylation sites (N-methyl/N-ethyl adjacent to an activating group) is 1. The number of nitrogens with zero attached hydrogens (tertiary/aromatic N) is 2. The van der Waals surface area contributed by atoms with Crippen LogP contribution in [0.3, 0.4) is 0 Å². The maximum absolute atomic E-state index is 5.79. The summed E-state index contributed by atoms with van der Waals surface area (Å²) in [4.78, 5) is 6.81. The van der Waals surface area contributed by atoms with Crippen LogP contribution in [-0.4, -0.2) is 56.7 Å². The second-order valence-corrected chi connectivity index (χ2v) is 5.92. The predicted octanol–water partition coefficient (Wildman–Crippen LogP) is 2.02. The van der Waals surface area contributed by atoms with Gasteiger partial charge in [0.2, 0.25) is 0 Å². The second kappa shape index (κ2) is 9.40. The van der Waals surface area contributed by atoms with E-state index in [0.29, 0.717) is 12.6 Å². The Balaban J connectivity index is 1.66. The van der Waals surface area contributed by atoms with E-state index in [1.54, 1.807) is 0 Å². The molecular weight excluding hydrogens is 288 g/mol. The van der Waals surface area contributed by atoms with Crippen molar-refractivity contribution in [3.63, 3.8) is 0 Å². The van der Waals surface area contributed by atoms with Crippen LogP contribution in [0.15, 0.2) is 29.3 Å². The number of likely N-dealkylation sites (tertiary alicyclic amines) is 1. The Morgan fingerprint density at radius 2 is 2.17 bits per heavy atom. The molecule has 1 fully saturated rings. The van der Waals surface area contributed by atoms with Gasteiger partial charge < -0.3 is 15.4 Å². The molecule has 0 bridgehead atoms. The van der Waals surface area contributed by atoms with Crippen molar-refractivity contribution in [1.82, 2.24) is 15.5 Å². The first-order chi connectivity index (χ1) is 11.2. The van der Waals surface area contributed by atoms with Gasteiger partial charge in [0.05, 0.1) is 6.54 Å². The van der Waals surface area contributed by atoms with Crippen molar-refractivity contribution in [2.45, 2.75) is 32.7 Å². The maximum atomic E-state index is 5.79. The molecule has 1 atom stereocenters. The summed E-state index contributed by atoms with van der Waals surface area (Å²) >= 11 is 0. The summed E-state index contributed by atoms with van der Waals surface area (Å²) in [6, 6.07) is 8.71. The molecule has 0 amide bonds. The number of para-hydroxylation sites is 1. The lowest BCUT2D eigenvalue weighted by Gasteiger charge is -2.24. The monoisotopic (exact) mass is 318 g/mol. The molecular formula is C18H30N4O. The van der Waals surface area contributed by atoms with Gasteiger partial charge in [-0.3, -0.25) is 9.89 Å². The summed E-state index contributed by atoms with van der Waals surface area (Å²) in [5.41, 5.74) is 1.16. The minimum Gasteiger partial charge on any atom is -0.491 e. The SMILES string of the molecule is CCN1CCCC1CNC(=NC)NCCOc1ccccc1C. The van der Waals surface area contributed by atoms with E-state index in [0.717, 1.165) is 36.9 Å². The van der Waals surface area contributed by atoms with E-state index in [-0.39, 0.29) is 0 Å². The van der Waals surface area contributed by atoms with Gasteiger partial charge in [-0.1, -0.05) is 25.1 Å². The maximum Gasteiger partial charge on any atom is 0.191 e. The van der Waals surface area contributed by atoms with Gasteiger partial charge in [-0.15, -0.1) is 0 Å². The molecule has 128 valence electrons. The zero-order chi connectivity index (χ0) is 16.5. The van der Waals surface area contributed by atoms with Crippen molar-refractivity contribution >= 4 is 5.96 Å². The molecule has 1 unspecified atom stereocenters. The highest BCUT2D eigenvalue weighted by molar-refractivity contribution is 5.79. The third-order valence-electron chi connectivity index (χ3n) is 4.38. The first kappa shape index (κ1) is 17.6. The van der Waals surface area contributed by atoms with Gasteiger partial charge in [-0.2, -0.15) is 0 Å². The minimum absolute atomic E-state index is 0.621. The summed E-state index contributed by atoms with van der Waals surface area (Å²) < 4.78 is 5.79. The second-order valence-electron chi connectivity index (χ2n) is 5.92. The zero-order valence-corrected chi connectivity index (χ0v) is 14.6. The van der Waals surface area contributed by atoms with E-state index < -0.39 is 0 Å². The molecule has 1 aromatic carbocycles. The van der Waals surface area contributed by atoms with Gasteiger partial charge in [-0.05, 0) is 44.5 Å². The first-order valence-electron chi connectivity index (χ1n) is 8.61. The molecule has 1 aliphatic rings. The lowest BCUT2D eigenvalue weighted by atomic mass is 10.2. The van der Waals surface area contributed by atoms with Crippen LogP contribution in [-0.2, 0) is 0 Å². The Morgan fingerprint density at radius 1 is 1.35 bits per heavy atom. The molecule has 1 saturated heterocycles. The smallest absolute Gasteiger partial charge is 0.191 e. The highest BCUT2D eigenvalue weighted by Gasteiger charge is 2.22. The molecule has 2 rings (SSSR count). The van der Waals surface area contributed by atoms with Gasteiger partial charge in [0.25, 0.3) is 0 Å². The van der Waals surface area contributed by atoms with E-state index in [1.807, 2.05) is 25.2 Å². The molecule has 0 saturated carbocycles. The quantitative estimate of drug-likeness (QED) is 0.459. The molecule has 5 heteroatoms. The molecule has 0 spiro atoms. The first-order valence-corrected chi connectivity index (χ1v) is 8.61.